The second kappa shape index (κ2) is 6.36. The van der Waals surface area contributed by atoms with Crippen molar-refractivity contribution in [3.63, 3.8) is 0 Å². The number of nitrogens with zero attached hydrogens (tertiary/aromatic N) is 2. The van der Waals surface area contributed by atoms with Gasteiger partial charge in [0.25, 0.3) is 0 Å². The van der Waals surface area contributed by atoms with Crippen LogP contribution in [0.2, 0.25) is 0 Å². The van der Waals surface area contributed by atoms with Crippen LogP contribution in [0, 0.1) is 11.3 Å². The maximum absolute atomic E-state index is 12.7. The quantitative estimate of drug-likeness (QED) is 0.785. The molecule has 3 N–H and O–H groups in total. The van der Waals surface area contributed by atoms with Crippen LogP contribution in [0.15, 0.2) is 36.5 Å². The first-order valence-corrected chi connectivity index (χ1v) is 8.30. The Labute approximate surface area is 148 Å². The standard InChI is InChI=1S/C18H16F3N5/c19-18(20,21)16-4-3-11(9-23-16)13-5-12(10-1-2-10)6-14(7-13)17-15(8-22)24-26-25-17/h3-7,9-10,15,17,24-26H,1-2H2. The van der Waals surface area contributed by atoms with Crippen molar-refractivity contribution >= 4 is 0 Å². The van der Waals surface area contributed by atoms with Crippen molar-refractivity contribution in [1.29, 1.82) is 5.26 Å². The minimum absolute atomic E-state index is 0.250. The van der Waals surface area contributed by atoms with Crippen LogP contribution in [0.5, 0.6) is 0 Å². The third kappa shape index (κ3) is 3.29. The first-order chi connectivity index (χ1) is 12.5. The zero-order valence-corrected chi connectivity index (χ0v) is 13.6. The van der Waals surface area contributed by atoms with Crippen LogP contribution >= 0.6 is 0 Å². The normalized spacial score (nSPS) is 23.0. The van der Waals surface area contributed by atoms with Gasteiger partial charge in [0.1, 0.15) is 11.7 Å². The number of rotatable bonds is 3. The Balaban J connectivity index is 1.73. The van der Waals surface area contributed by atoms with E-state index < -0.39 is 17.9 Å². The summed E-state index contributed by atoms with van der Waals surface area (Å²) in [7, 11) is 0. The third-order valence-corrected chi connectivity index (χ3v) is 4.70. The lowest BCUT2D eigenvalue weighted by Gasteiger charge is -2.16. The molecule has 2 atom stereocenters. The summed E-state index contributed by atoms with van der Waals surface area (Å²) in [5.41, 5.74) is 11.2. The maximum Gasteiger partial charge on any atom is 0.433 e. The van der Waals surface area contributed by atoms with Crippen LogP contribution in [-0.4, -0.2) is 11.0 Å². The Bertz CT molecular complexity index is 853. The van der Waals surface area contributed by atoms with E-state index in [0.717, 1.165) is 35.6 Å². The first-order valence-electron chi connectivity index (χ1n) is 8.30. The Kier molecular flexibility index (Phi) is 4.15. The van der Waals surface area contributed by atoms with E-state index in [2.05, 4.69) is 33.5 Å². The summed E-state index contributed by atoms with van der Waals surface area (Å²) in [4.78, 5) is 3.56. The number of hydrogen-bond acceptors (Lipinski definition) is 5. The molecule has 4 rings (SSSR count). The van der Waals surface area contributed by atoms with Crippen LogP contribution in [-0.2, 0) is 6.18 Å². The van der Waals surface area contributed by atoms with Gasteiger partial charge < -0.3 is 0 Å². The van der Waals surface area contributed by atoms with Crippen molar-refractivity contribution in [1.82, 2.24) is 21.4 Å². The predicted octanol–water partition coefficient (Wildman–Crippen LogP) is 3.19. The van der Waals surface area contributed by atoms with Gasteiger partial charge in [-0.15, -0.1) is 0 Å². The molecule has 0 spiro atoms. The molecule has 1 aromatic carbocycles. The fourth-order valence-corrected chi connectivity index (χ4v) is 3.15. The highest BCUT2D eigenvalue weighted by molar-refractivity contribution is 5.65. The highest BCUT2D eigenvalue weighted by Gasteiger charge is 2.33. The Morgan fingerprint density at radius 3 is 2.42 bits per heavy atom. The summed E-state index contributed by atoms with van der Waals surface area (Å²) >= 11 is 0. The first kappa shape index (κ1) is 17.0. The number of benzene rings is 1. The Morgan fingerprint density at radius 1 is 1.04 bits per heavy atom. The van der Waals surface area contributed by atoms with Crippen LogP contribution in [0.4, 0.5) is 13.2 Å². The fourth-order valence-electron chi connectivity index (χ4n) is 3.15. The van der Waals surface area contributed by atoms with Crippen LogP contribution in [0.1, 0.15) is 41.6 Å². The molecule has 1 aromatic heterocycles. The van der Waals surface area contributed by atoms with E-state index in [-0.39, 0.29) is 6.04 Å². The van der Waals surface area contributed by atoms with Gasteiger partial charge in [-0.2, -0.15) is 24.0 Å². The molecule has 2 aliphatic rings. The smallest absolute Gasteiger partial charge is 0.251 e. The van der Waals surface area contributed by atoms with E-state index in [1.807, 2.05) is 12.1 Å². The largest absolute Gasteiger partial charge is 0.433 e. The van der Waals surface area contributed by atoms with Gasteiger partial charge in [0.15, 0.2) is 0 Å². The van der Waals surface area contributed by atoms with E-state index in [0.29, 0.717) is 11.5 Å². The fraction of sp³-hybridized carbons (Fsp3) is 0.333. The van der Waals surface area contributed by atoms with Crippen molar-refractivity contribution in [2.24, 2.45) is 0 Å². The van der Waals surface area contributed by atoms with Crippen molar-refractivity contribution in [2.75, 3.05) is 0 Å². The molecular weight excluding hydrogens is 343 g/mol. The monoisotopic (exact) mass is 359 g/mol. The molecular formula is C18H16F3N5. The molecule has 2 heterocycles. The van der Waals surface area contributed by atoms with Gasteiger partial charge in [-0.3, -0.25) is 4.98 Å². The molecule has 8 heteroatoms. The molecule has 1 saturated heterocycles. The number of hydrogen-bond donors (Lipinski definition) is 3. The SMILES string of the molecule is N#CC1NNNC1c1cc(-c2ccc(C(F)(F)F)nc2)cc(C2CC2)c1. The van der Waals surface area contributed by atoms with E-state index in [9.17, 15) is 18.4 Å². The van der Waals surface area contributed by atoms with Gasteiger partial charge in [-0.05, 0) is 47.6 Å². The van der Waals surface area contributed by atoms with Crippen molar-refractivity contribution in [2.45, 2.75) is 37.0 Å². The summed E-state index contributed by atoms with van der Waals surface area (Å²) in [5.74, 6) is 0.471. The molecule has 0 bridgehead atoms. The van der Waals surface area contributed by atoms with Gasteiger partial charge in [-0.25, -0.2) is 10.9 Å². The van der Waals surface area contributed by atoms with Gasteiger partial charge in [0.05, 0.1) is 12.1 Å². The van der Waals surface area contributed by atoms with E-state index in [1.165, 1.54) is 12.3 Å². The lowest BCUT2D eigenvalue weighted by Crippen LogP contribution is -2.32. The molecule has 1 aliphatic heterocycles. The van der Waals surface area contributed by atoms with E-state index in [4.69, 9.17) is 0 Å². The van der Waals surface area contributed by atoms with Crippen molar-refractivity contribution < 1.29 is 13.2 Å². The van der Waals surface area contributed by atoms with Gasteiger partial charge >= 0.3 is 6.18 Å². The van der Waals surface area contributed by atoms with Crippen LogP contribution < -0.4 is 16.4 Å². The average molecular weight is 359 g/mol. The molecule has 134 valence electrons. The molecule has 2 aromatic rings. The summed E-state index contributed by atoms with van der Waals surface area (Å²) < 4.78 is 38.2. The summed E-state index contributed by atoms with van der Waals surface area (Å²) in [6.45, 7) is 0. The zero-order chi connectivity index (χ0) is 18.3. The predicted molar refractivity (Wildman–Crippen MR) is 88.2 cm³/mol. The minimum Gasteiger partial charge on any atom is -0.251 e. The number of nitriles is 1. The third-order valence-electron chi connectivity index (χ3n) is 4.70. The summed E-state index contributed by atoms with van der Waals surface area (Å²) in [5, 5.41) is 9.27. The molecule has 26 heavy (non-hydrogen) atoms. The molecule has 0 amide bonds. The number of nitrogens with one attached hydrogen (secondary N) is 3. The topological polar surface area (TPSA) is 72.8 Å². The lowest BCUT2D eigenvalue weighted by molar-refractivity contribution is -0.141. The average Bonchev–Trinajstić information content (AvgIpc) is 3.38. The molecule has 5 nitrogen and oxygen atoms in total. The van der Waals surface area contributed by atoms with Gasteiger partial charge in [-0.1, -0.05) is 18.2 Å². The highest BCUT2D eigenvalue weighted by Crippen LogP contribution is 2.42. The van der Waals surface area contributed by atoms with Crippen LogP contribution in [0.25, 0.3) is 11.1 Å². The van der Waals surface area contributed by atoms with E-state index >= 15 is 0 Å². The van der Waals surface area contributed by atoms with Crippen LogP contribution in [0.3, 0.4) is 0 Å². The molecule has 1 aliphatic carbocycles. The molecule has 0 radical (unpaired) electrons. The second-order valence-corrected chi connectivity index (χ2v) is 6.59. The van der Waals surface area contributed by atoms with Gasteiger partial charge in [0, 0.05) is 11.8 Å². The summed E-state index contributed by atoms with van der Waals surface area (Å²) in [6.07, 6.45) is -1.00. The number of alkyl halides is 3. The molecule has 1 saturated carbocycles. The lowest BCUT2D eigenvalue weighted by atomic mass is 9.93. The molecule has 2 unspecified atom stereocenters. The van der Waals surface area contributed by atoms with Crippen molar-refractivity contribution in [3.05, 3.63) is 53.3 Å². The minimum atomic E-state index is -4.45. The number of aromatic nitrogens is 1. The summed E-state index contributed by atoms with van der Waals surface area (Å²) in [6, 6.07) is 9.89. The van der Waals surface area contributed by atoms with Gasteiger partial charge in [0.2, 0.25) is 0 Å². The Hall–Kier alpha value is -2.47. The maximum atomic E-state index is 12.7. The number of pyridine rings is 1. The number of hydrazine groups is 2. The van der Waals surface area contributed by atoms with E-state index in [1.54, 1.807) is 0 Å². The highest BCUT2D eigenvalue weighted by atomic mass is 19.4. The number of halogens is 3. The Morgan fingerprint density at radius 2 is 1.81 bits per heavy atom. The zero-order valence-electron chi connectivity index (χ0n) is 13.6. The molecule has 2 fully saturated rings. The van der Waals surface area contributed by atoms with Crippen molar-refractivity contribution in [3.8, 4) is 17.2 Å². The second-order valence-electron chi connectivity index (χ2n) is 6.59.